The molecule has 112 valence electrons. The van der Waals surface area contributed by atoms with Crippen molar-refractivity contribution in [2.24, 2.45) is 0 Å². The minimum absolute atomic E-state index is 0.0565. The van der Waals surface area contributed by atoms with Gasteiger partial charge in [-0.2, -0.15) is 5.48 Å². The third-order valence-electron chi connectivity index (χ3n) is 2.61. The first-order valence-electron chi connectivity index (χ1n) is 6.60. The van der Waals surface area contributed by atoms with E-state index in [0.717, 1.165) is 11.1 Å². The second-order valence-electron chi connectivity index (χ2n) is 5.71. The number of hydrogen-bond acceptors (Lipinski definition) is 4. The van der Waals surface area contributed by atoms with Gasteiger partial charge in [0, 0.05) is 5.92 Å². The highest BCUT2D eigenvalue weighted by molar-refractivity contribution is 5.66. The van der Waals surface area contributed by atoms with Crippen LogP contribution in [0.4, 0.5) is 4.79 Å². The summed E-state index contributed by atoms with van der Waals surface area (Å²) >= 11 is 0. The van der Waals surface area contributed by atoms with Crippen molar-refractivity contribution < 1.29 is 19.5 Å². The second kappa shape index (κ2) is 7.26. The van der Waals surface area contributed by atoms with Crippen molar-refractivity contribution in [2.75, 3.05) is 13.2 Å². The zero-order chi connectivity index (χ0) is 15.2. The topological polar surface area (TPSA) is 67.8 Å². The van der Waals surface area contributed by atoms with E-state index in [0.29, 0.717) is 0 Å². The first kappa shape index (κ1) is 16.5. The molecule has 0 heterocycles. The Balaban J connectivity index is 2.42. The lowest BCUT2D eigenvalue weighted by atomic mass is 10.00. The van der Waals surface area contributed by atoms with Gasteiger partial charge in [-0.3, -0.25) is 4.84 Å². The minimum atomic E-state index is -0.641. The van der Waals surface area contributed by atoms with Crippen LogP contribution in [-0.4, -0.2) is 30.0 Å². The fraction of sp³-hybridized carbons (Fsp3) is 0.533. The van der Waals surface area contributed by atoms with Gasteiger partial charge in [-0.15, -0.1) is 0 Å². The average Bonchev–Trinajstić information content (AvgIpc) is 2.34. The van der Waals surface area contributed by atoms with Gasteiger partial charge in [-0.1, -0.05) is 29.8 Å². The first-order chi connectivity index (χ1) is 9.31. The number of rotatable bonds is 5. The van der Waals surface area contributed by atoms with Crippen LogP contribution < -0.4 is 5.48 Å². The molecule has 1 rings (SSSR count). The summed E-state index contributed by atoms with van der Waals surface area (Å²) in [6.07, 6.45) is -0.641. The molecule has 0 aliphatic heterocycles. The molecule has 1 aromatic carbocycles. The van der Waals surface area contributed by atoms with Gasteiger partial charge in [0.05, 0.1) is 13.2 Å². The molecule has 0 aromatic heterocycles. The molecular formula is C15H23NO4. The molecule has 5 nitrogen and oxygen atoms in total. The van der Waals surface area contributed by atoms with Gasteiger partial charge in [0.15, 0.2) is 0 Å². The molecule has 20 heavy (non-hydrogen) atoms. The van der Waals surface area contributed by atoms with Crippen molar-refractivity contribution in [2.45, 2.75) is 39.2 Å². The highest BCUT2D eigenvalue weighted by atomic mass is 16.7. The number of aliphatic hydroxyl groups is 1. The Kier molecular flexibility index (Phi) is 5.98. The van der Waals surface area contributed by atoms with Crippen molar-refractivity contribution >= 4 is 6.09 Å². The highest BCUT2D eigenvalue weighted by Crippen LogP contribution is 2.16. The summed E-state index contributed by atoms with van der Waals surface area (Å²) in [5.74, 6) is -0.189. The smallest absolute Gasteiger partial charge is 0.431 e. The molecule has 0 aliphatic rings. The fourth-order valence-electron chi connectivity index (χ4n) is 1.59. The molecule has 0 radical (unpaired) electrons. The maximum atomic E-state index is 11.4. The monoisotopic (exact) mass is 281 g/mol. The molecule has 1 aromatic rings. The van der Waals surface area contributed by atoms with Gasteiger partial charge in [-0.05, 0) is 33.3 Å². The lowest BCUT2D eigenvalue weighted by Crippen LogP contribution is -2.33. The van der Waals surface area contributed by atoms with Crippen LogP contribution in [0.2, 0.25) is 0 Å². The largest absolute Gasteiger partial charge is 0.442 e. The van der Waals surface area contributed by atoms with E-state index < -0.39 is 11.7 Å². The molecule has 1 amide bonds. The van der Waals surface area contributed by atoms with Gasteiger partial charge in [0.2, 0.25) is 0 Å². The average molecular weight is 281 g/mol. The zero-order valence-corrected chi connectivity index (χ0v) is 12.5. The van der Waals surface area contributed by atoms with E-state index in [2.05, 4.69) is 5.48 Å². The quantitative estimate of drug-likeness (QED) is 0.814. The van der Waals surface area contributed by atoms with Crippen LogP contribution in [0.25, 0.3) is 0 Å². The Morgan fingerprint density at radius 2 is 1.90 bits per heavy atom. The SMILES string of the molecule is Cc1ccc(C(CO)CONC(=O)OC(C)(C)C)cc1. The van der Waals surface area contributed by atoms with Crippen molar-refractivity contribution in [3.05, 3.63) is 35.4 Å². The number of hydrogen-bond donors (Lipinski definition) is 2. The molecular weight excluding hydrogens is 258 g/mol. The van der Waals surface area contributed by atoms with Gasteiger partial charge >= 0.3 is 6.09 Å². The summed E-state index contributed by atoms with van der Waals surface area (Å²) in [7, 11) is 0. The molecule has 0 fully saturated rings. The maximum absolute atomic E-state index is 11.4. The summed E-state index contributed by atoms with van der Waals surface area (Å²) in [5.41, 5.74) is 3.76. The Bertz CT molecular complexity index is 422. The van der Waals surface area contributed by atoms with Crippen LogP contribution in [-0.2, 0) is 9.57 Å². The summed E-state index contributed by atoms with van der Waals surface area (Å²) < 4.78 is 5.04. The number of amides is 1. The molecule has 1 atom stereocenters. The Labute approximate surface area is 119 Å². The minimum Gasteiger partial charge on any atom is -0.442 e. The number of benzene rings is 1. The lowest BCUT2D eigenvalue weighted by Gasteiger charge is -2.20. The predicted molar refractivity (Wildman–Crippen MR) is 76.3 cm³/mol. The number of aliphatic hydroxyl groups excluding tert-OH is 1. The Hall–Kier alpha value is -1.59. The van der Waals surface area contributed by atoms with Crippen LogP contribution >= 0.6 is 0 Å². The third-order valence-corrected chi connectivity index (χ3v) is 2.61. The highest BCUT2D eigenvalue weighted by Gasteiger charge is 2.17. The predicted octanol–water partition coefficient (Wildman–Crippen LogP) is 2.53. The third kappa shape index (κ3) is 6.04. The van der Waals surface area contributed by atoms with E-state index in [1.54, 1.807) is 20.8 Å². The van der Waals surface area contributed by atoms with Crippen LogP contribution in [0.15, 0.2) is 24.3 Å². The maximum Gasteiger partial charge on any atom is 0.431 e. The number of carbonyl (C=O) groups is 1. The molecule has 5 heteroatoms. The second-order valence-corrected chi connectivity index (χ2v) is 5.71. The van der Waals surface area contributed by atoms with Gasteiger partial charge in [-0.25, -0.2) is 4.79 Å². The molecule has 0 saturated heterocycles. The zero-order valence-electron chi connectivity index (χ0n) is 12.5. The van der Waals surface area contributed by atoms with Crippen molar-refractivity contribution in [3.8, 4) is 0 Å². The van der Waals surface area contributed by atoms with Crippen molar-refractivity contribution in [3.63, 3.8) is 0 Å². The molecule has 2 N–H and O–H groups in total. The number of carbonyl (C=O) groups excluding carboxylic acids is 1. The summed E-state index contributed by atoms with van der Waals surface area (Å²) in [6, 6.07) is 7.82. The molecule has 0 saturated carbocycles. The van der Waals surface area contributed by atoms with Gasteiger partial charge in [0.25, 0.3) is 0 Å². The van der Waals surface area contributed by atoms with E-state index >= 15 is 0 Å². The van der Waals surface area contributed by atoms with E-state index in [-0.39, 0.29) is 19.1 Å². The molecule has 0 aliphatic carbocycles. The van der Waals surface area contributed by atoms with E-state index in [9.17, 15) is 9.90 Å². The molecule has 0 spiro atoms. The number of aryl methyl sites for hydroxylation is 1. The van der Waals surface area contributed by atoms with Gasteiger partial charge < -0.3 is 9.84 Å². The Morgan fingerprint density at radius 3 is 2.40 bits per heavy atom. The lowest BCUT2D eigenvalue weighted by molar-refractivity contribution is -0.0151. The van der Waals surface area contributed by atoms with Crippen LogP contribution in [0.5, 0.6) is 0 Å². The van der Waals surface area contributed by atoms with Crippen molar-refractivity contribution in [1.82, 2.24) is 5.48 Å². The van der Waals surface area contributed by atoms with Gasteiger partial charge in [0.1, 0.15) is 5.60 Å². The van der Waals surface area contributed by atoms with E-state index in [1.807, 2.05) is 31.2 Å². The summed E-state index contributed by atoms with van der Waals surface area (Å²) in [4.78, 5) is 16.5. The van der Waals surface area contributed by atoms with E-state index in [4.69, 9.17) is 9.57 Å². The van der Waals surface area contributed by atoms with Crippen LogP contribution in [0.1, 0.15) is 37.8 Å². The number of hydroxylamine groups is 1. The summed E-state index contributed by atoms with van der Waals surface area (Å²) in [5, 5.41) is 9.38. The van der Waals surface area contributed by atoms with Crippen LogP contribution in [0, 0.1) is 6.92 Å². The molecule has 1 unspecified atom stereocenters. The molecule has 0 bridgehead atoms. The standard InChI is InChI=1S/C15H23NO4/c1-11-5-7-12(8-6-11)13(9-17)10-19-16-14(18)20-15(2,3)4/h5-8,13,17H,9-10H2,1-4H3,(H,16,18). The van der Waals surface area contributed by atoms with E-state index in [1.165, 1.54) is 0 Å². The number of ether oxygens (including phenoxy) is 1. The van der Waals surface area contributed by atoms with Crippen LogP contribution in [0.3, 0.4) is 0 Å². The first-order valence-corrected chi connectivity index (χ1v) is 6.60. The Morgan fingerprint density at radius 1 is 1.30 bits per heavy atom. The van der Waals surface area contributed by atoms with Crippen molar-refractivity contribution in [1.29, 1.82) is 0 Å². The number of nitrogens with one attached hydrogen (secondary N) is 1. The summed E-state index contributed by atoms with van der Waals surface area (Å²) in [6.45, 7) is 7.44. The fourth-order valence-corrected chi connectivity index (χ4v) is 1.59. The normalized spacial score (nSPS) is 12.8.